The second kappa shape index (κ2) is 8.59. The van der Waals surface area contributed by atoms with Gasteiger partial charge in [-0.2, -0.15) is 4.37 Å². The lowest BCUT2D eigenvalue weighted by Crippen LogP contribution is -2.31. The Morgan fingerprint density at radius 2 is 2.16 bits per heavy atom. The molecule has 0 fully saturated rings. The second-order valence-electron chi connectivity index (χ2n) is 6.01. The monoisotopic (exact) mass is 361 g/mol. The number of rotatable bonds is 9. The molecule has 2 unspecified atom stereocenters. The van der Waals surface area contributed by atoms with E-state index in [4.69, 9.17) is 11.5 Å². The molecule has 134 valence electrons. The van der Waals surface area contributed by atoms with Crippen molar-refractivity contribution in [1.82, 2.24) is 4.37 Å². The van der Waals surface area contributed by atoms with Crippen LogP contribution in [0.3, 0.4) is 0 Å². The van der Waals surface area contributed by atoms with Gasteiger partial charge < -0.3 is 26.9 Å². The van der Waals surface area contributed by atoms with E-state index in [2.05, 4.69) is 15.0 Å². The minimum absolute atomic E-state index is 0.0434. The second-order valence-corrected chi connectivity index (χ2v) is 6.81. The molecule has 0 saturated carbocycles. The number of primary amides is 1. The molecule has 0 saturated heterocycles. The van der Waals surface area contributed by atoms with Gasteiger partial charge in [-0.05, 0) is 49.1 Å². The molecule has 0 aliphatic rings. The van der Waals surface area contributed by atoms with Crippen molar-refractivity contribution >= 4 is 40.1 Å². The van der Waals surface area contributed by atoms with Crippen molar-refractivity contribution in [3.8, 4) is 0 Å². The number of nitrogens with one attached hydrogen (secondary N) is 2. The van der Waals surface area contributed by atoms with Gasteiger partial charge >= 0.3 is 0 Å². The molecule has 0 bridgehead atoms. The predicted octanol–water partition coefficient (Wildman–Crippen LogP) is 2.26. The summed E-state index contributed by atoms with van der Waals surface area (Å²) in [6, 6.07) is 7.10. The Morgan fingerprint density at radius 1 is 1.40 bits per heavy atom. The fraction of sp³-hybridized carbons (Fsp3) is 0.353. The third-order valence-corrected chi connectivity index (χ3v) is 4.51. The number of anilines is 3. The van der Waals surface area contributed by atoms with Gasteiger partial charge in [0.2, 0.25) is 0 Å². The first-order valence-corrected chi connectivity index (χ1v) is 8.76. The number of carbonyl (C=O) groups is 2. The summed E-state index contributed by atoms with van der Waals surface area (Å²) >= 11 is 1.31. The highest BCUT2D eigenvalue weighted by molar-refractivity contribution is 7.10. The zero-order valence-corrected chi connectivity index (χ0v) is 15.1. The van der Waals surface area contributed by atoms with E-state index in [1.807, 2.05) is 26.0 Å². The van der Waals surface area contributed by atoms with Crippen LogP contribution in [-0.2, 0) is 4.79 Å². The first-order valence-electron chi connectivity index (χ1n) is 7.99. The van der Waals surface area contributed by atoms with Gasteiger partial charge in [-0.15, -0.1) is 0 Å². The van der Waals surface area contributed by atoms with Crippen LogP contribution in [0, 0.1) is 12.8 Å². The molecule has 0 spiro atoms. The number of aryl methyl sites for hydroxylation is 1. The van der Waals surface area contributed by atoms with Gasteiger partial charge in [0.1, 0.15) is 11.3 Å². The number of benzene rings is 1. The SMILES string of the molecule is Cc1cc(Nc2cc(NC(CN)CC(C)C=O)ccc2C(N)=O)sn1. The smallest absolute Gasteiger partial charge is 0.250 e. The van der Waals surface area contributed by atoms with E-state index >= 15 is 0 Å². The van der Waals surface area contributed by atoms with Crippen LogP contribution in [0.5, 0.6) is 0 Å². The number of aromatic nitrogens is 1. The first kappa shape index (κ1) is 18.9. The molecule has 25 heavy (non-hydrogen) atoms. The van der Waals surface area contributed by atoms with Crippen molar-refractivity contribution in [2.45, 2.75) is 26.3 Å². The highest BCUT2D eigenvalue weighted by atomic mass is 32.1. The van der Waals surface area contributed by atoms with Crippen LogP contribution in [0.25, 0.3) is 0 Å². The molecule has 6 N–H and O–H groups in total. The molecule has 1 aromatic carbocycles. The highest BCUT2D eigenvalue weighted by Gasteiger charge is 2.14. The summed E-state index contributed by atoms with van der Waals surface area (Å²) in [4.78, 5) is 22.5. The van der Waals surface area contributed by atoms with E-state index in [9.17, 15) is 9.59 Å². The van der Waals surface area contributed by atoms with Gasteiger partial charge in [0.05, 0.1) is 16.9 Å². The lowest BCUT2D eigenvalue weighted by atomic mass is 10.0. The maximum atomic E-state index is 11.7. The molecule has 2 atom stereocenters. The molecule has 0 aliphatic heterocycles. The number of hydrogen-bond donors (Lipinski definition) is 4. The number of hydrogen-bond acceptors (Lipinski definition) is 7. The van der Waals surface area contributed by atoms with Gasteiger partial charge in [-0.25, -0.2) is 0 Å². The van der Waals surface area contributed by atoms with Crippen LogP contribution in [-0.4, -0.2) is 29.2 Å². The Kier molecular flexibility index (Phi) is 6.49. The van der Waals surface area contributed by atoms with E-state index in [0.29, 0.717) is 24.2 Å². The van der Waals surface area contributed by atoms with Gasteiger partial charge in [-0.3, -0.25) is 4.79 Å². The average molecular weight is 361 g/mol. The molecule has 1 amide bonds. The fourth-order valence-electron chi connectivity index (χ4n) is 2.46. The summed E-state index contributed by atoms with van der Waals surface area (Å²) in [5, 5.41) is 7.31. The largest absolute Gasteiger partial charge is 0.381 e. The van der Waals surface area contributed by atoms with Crippen LogP contribution < -0.4 is 22.1 Å². The zero-order chi connectivity index (χ0) is 18.4. The lowest BCUT2D eigenvalue weighted by molar-refractivity contribution is -0.110. The number of nitrogens with zero attached hydrogens (tertiary/aromatic N) is 1. The van der Waals surface area contributed by atoms with Gasteiger partial charge in [0, 0.05) is 24.2 Å². The lowest BCUT2D eigenvalue weighted by Gasteiger charge is -2.20. The number of nitrogens with two attached hydrogens (primary N) is 2. The maximum Gasteiger partial charge on any atom is 0.250 e. The molecule has 2 aromatic rings. The molecule has 0 radical (unpaired) electrons. The van der Waals surface area contributed by atoms with Crippen LogP contribution in [0.2, 0.25) is 0 Å². The van der Waals surface area contributed by atoms with Crippen LogP contribution in [0.1, 0.15) is 29.4 Å². The zero-order valence-electron chi connectivity index (χ0n) is 14.3. The van der Waals surface area contributed by atoms with Crippen LogP contribution in [0.15, 0.2) is 24.3 Å². The standard InChI is InChI=1S/C17H23N5O2S/c1-10(9-23)5-13(8-18)20-12-3-4-14(17(19)24)15(7-12)21-16-6-11(2)22-25-16/h3-4,6-7,9-10,13,20-21H,5,8,18H2,1-2H3,(H2,19,24). The Hall–Kier alpha value is -2.45. The van der Waals surface area contributed by atoms with Gasteiger partial charge in [0.15, 0.2) is 0 Å². The van der Waals surface area contributed by atoms with Crippen LogP contribution >= 0.6 is 11.5 Å². The van der Waals surface area contributed by atoms with E-state index in [1.165, 1.54) is 11.5 Å². The molecule has 1 heterocycles. The minimum atomic E-state index is -0.514. The van der Waals surface area contributed by atoms with E-state index in [-0.39, 0.29) is 12.0 Å². The quantitative estimate of drug-likeness (QED) is 0.508. The normalized spacial score (nSPS) is 13.1. The van der Waals surface area contributed by atoms with Crippen molar-refractivity contribution < 1.29 is 9.59 Å². The Balaban J connectivity index is 2.23. The van der Waals surface area contributed by atoms with Crippen molar-refractivity contribution in [3.63, 3.8) is 0 Å². The van der Waals surface area contributed by atoms with Crippen molar-refractivity contribution in [3.05, 3.63) is 35.5 Å². The number of aldehydes is 1. The highest BCUT2D eigenvalue weighted by Crippen LogP contribution is 2.27. The maximum absolute atomic E-state index is 11.7. The van der Waals surface area contributed by atoms with Gasteiger partial charge in [-0.1, -0.05) is 6.92 Å². The molecule has 0 aliphatic carbocycles. The minimum Gasteiger partial charge on any atom is -0.381 e. The van der Waals surface area contributed by atoms with Crippen molar-refractivity contribution in [1.29, 1.82) is 0 Å². The average Bonchev–Trinajstić information content (AvgIpc) is 2.98. The van der Waals surface area contributed by atoms with Crippen LogP contribution in [0.4, 0.5) is 16.4 Å². The van der Waals surface area contributed by atoms with E-state index < -0.39 is 5.91 Å². The Morgan fingerprint density at radius 3 is 2.72 bits per heavy atom. The third-order valence-electron chi connectivity index (χ3n) is 3.71. The summed E-state index contributed by atoms with van der Waals surface area (Å²) in [5.74, 6) is -0.594. The Labute approximate surface area is 151 Å². The molecule has 8 heteroatoms. The molecule has 1 aromatic heterocycles. The predicted molar refractivity (Wildman–Crippen MR) is 101 cm³/mol. The summed E-state index contributed by atoms with van der Waals surface area (Å²) < 4.78 is 4.21. The fourth-order valence-corrected chi connectivity index (χ4v) is 3.14. The molecule has 7 nitrogen and oxygen atoms in total. The van der Waals surface area contributed by atoms with Crippen molar-refractivity contribution in [2.75, 3.05) is 17.2 Å². The molecular formula is C17H23N5O2S. The van der Waals surface area contributed by atoms with Gasteiger partial charge in [0.25, 0.3) is 5.91 Å². The van der Waals surface area contributed by atoms with E-state index in [0.717, 1.165) is 22.7 Å². The summed E-state index contributed by atoms with van der Waals surface area (Å²) in [7, 11) is 0. The van der Waals surface area contributed by atoms with Crippen molar-refractivity contribution in [2.24, 2.45) is 17.4 Å². The first-order chi connectivity index (χ1) is 11.9. The van der Waals surface area contributed by atoms with E-state index in [1.54, 1.807) is 12.1 Å². The molecular weight excluding hydrogens is 338 g/mol. The number of carbonyl (C=O) groups excluding carboxylic acids is 2. The summed E-state index contributed by atoms with van der Waals surface area (Å²) in [5.41, 5.74) is 13.9. The topological polar surface area (TPSA) is 123 Å². The summed E-state index contributed by atoms with van der Waals surface area (Å²) in [6.45, 7) is 4.15. The molecule has 2 rings (SSSR count). The Bertz CT molecular complexity index is 746. The summed E-state index contributed by atoms with van der Waals surface area (Å²) in [6.07, 6.45) is 1.55. The third kappa shape index (κ3) is 5.27. The number of amides is 1.